The number of pyridine rings is 1. The molecule has 0 aliphatic carbocycles. The molecule has 0 saturated heterocycles. The molecule has 0 aromatic carbocycles. The molecule has 1 aromatic rings. The maximum absolute atomic E-state index is 8.89. The van der Waals surface area contributed by atoms with Gasteiger partial charge in [0.1, 0.15) is 5.82 Å². The van der Waals surface area contributed by atoms with Gasteiger partial charge in [0, 0.05) is 13.2 Å². The fraction of sp³-hybridized carbons (Fsp3) is 0.583. The molecule has 0 radical (unpaired) electrons. The smallest absolute Gasteiger partial charge is 0.126 e. The van der Waals surface area contributed by atoms with Crippen LogP contribution < -0.4 is 11.1 Å². The van der Waals surface area contributed by atoms with Gasteiger partial charge in [0.15, 0.2) is 0 Å². The van der Waals surface area contributed by atoms with Crippen molar-refractivity contribution in [2.45, 2.75) is 26.7 Å². The number of nitrogens with one attached hydrogen (secondary N) is 1. The van der Waals surface area contributed by atoms with E-state index < -0.39 is 0 Å². The van der Waals surface area contributed by atoms with Crippen molar-refractivity contribution in [1.29, 1.82) is 0 Å². The average Bonchev–Trinajstić information content (AvgIpc) is 2.28. The molecule has 4 N–H and O–H groups in total. The van der Waals surface area contributed by atoms with Gasteiger partial charge in [-0.05, 0) is 30.9 Å². The van der Waals surface area contributed by atoms with Crippen molar-refractivity contribution in [2.24, 2.45) is 5.92 Å². The molecular weight excluding hydrogens is 202 g/mol. The van der Waals surface area contributed by atoms with E-state index in [1.807, 2.05) is 13.0 Å². The van der Waals surface area contributed by atoms with Crippen molar-refractivity contribution in [3.63, 3.8) is 0 Å². The van der Waals surface area contributed by atoms with Gasteiger partial charge in [-0.25, -0.2) is 4.98 Å². The Morgan fingerprint density at radius 2 is 2.31 bits per heavy atom. The Labute approximate surface area is 96.9 Å². The van der Waals surface area contributed by atoms with Crippen molar-refractivity contribution in [3.05, 3.63) is 17.8 Å². The van der Waals surface area contributed by atoms with E-state index in [0.29, 0.717) is 11.6 Å². The molecular formula is C12H21N3O. The van der Waals surface area contributed by atoms with E-state index >= 15 is 0 Å². The van der Waals surface area contributed by atoms with E-state index in [4.69, 9.17) is 10.8 Å². The Kier molecular flexibility index (Phi) is 5.05. The number of nitrogen functional groups attached to an aromatic ring is 1. The molecule has 0 saturated carbocycles. The Hall–Kier alpha value is -1.29. The summed E-state index contributed by atoms with van der Waals surface area (Å²) in [6.07, 6.45) is 3.56. The molecule has 1 atom stereocenters. The zero-order valence-electron chi connectivity index (χ0n) is 10.0. The molecule has 0 amide bonds. The average molecular weight is 223 g/mol. The Morgan fingerprint density at radius 3 is 2.88 bits per heavy atom. The highest BCUT2D eigenvalue weighted by atomic mass is 16.3. The standard InChI is InChI=1S/C12H21N3O/c1-3-10(4-5-16)7-14-12-6-9(2)11(13)8-15-12/h6,8,10,16H,3-5,7,13H2,1-2H3,(H,14,15). The number of aryl methyl sites for hydroxylation is 1. The molecule has 4 nitrogen and oxygen atoms in total. The minimum absolute atomic E-state index is 0.244. The van der Waals surface area contributed by atoms with Crippen molar-refractivity contribution in [2.75, 3.05) is 24.2 Å². The molecule has 0 aliphatic rings. The highest BCUT2D eigenvalue weighted by molar-refractivity contribution is 5.50. The molecule has 0 spiro atoms. The zero-order chi connectivity index (χ0) is 12.0. The van der Waals surface area contributed by atoms with E-state index in [2.05, 4.69) is 17.2 Å². The van der Waals surface area contributed by atoms with E-state index in [0.717, 1.165) is 30.8 Å². The molecule has 4 heteroatoms. The zero-order valence-corrected chi connectivity index (χ0v) is 10.0. The fourth-order valence-corrected chi connectivity index (χ4v) is 1.55. The number of aliphatic hydroxyl groups is 1. The maximum atomic E-state index is 8.89. The summed E-state index contributed by atoms with van der Waals surface area (Å²) in [5, 5.41) is 12.2. The SMILES string of the molecule is CCC(CCO)CNc1cc(C)c(N)cn1. The summed E-state index contributed by atoms with van der Waals surface area (Å²) in [4.78, 5) is 4.21. The third kappa shape index (κ3) is 3.70. The largest absolute Gasteiger partial charge is 0.397 e. The summed E-state index contributed by atoms with van der Waals surface area (Å²) in [6.45, 7) is 5.18. The number of rotatable bonds is 6. The van der Waals surface area contributed by atoms with Gasteiger partial charge in [0.2, 0.25) is 0 Å². The lowest BCUT2D eigenvalue weighted by atomic mass is 10.0. The van der Waals surface area contributed by atoms with Crippen LogP contribution in [0.2, 0.25) is 0 Å². The quantitative estimate of drug-likeness (QED) is 0.687. The van der Waals surface area contributed by atoms with Crippen molar-refractivity contribution in [3.8, 4) is 0 Å². The van der Waals surface area contributed by atoms with Crippen LogP contribution in [0.15, 0.2) is 12.3 Å². The minimum Gasteiger partial charge on any atom is -0.397 e. The van der Waals surface area contributed by atoms with Gasteiger partial charge in [-0.15, -0.1) is 0 Å². The first-order valence-corrected chi connectivity index (χ1v) is 5.74. The van der Waals surface area contributed by atoms with Gasteiger partial charge in [-0.1, -0.05) is 13.3 Å². The third-order valence-corrected chi connectivity index (χ3v) is 2.84. The number of hydrogen-bond donors (Lipinski definition) is 3. The molecule has 1 unspecified atom stereocenters. The van der Waals surface area contributed by atoms with Crippen LogP contribution in [0.1, 0.15) is 25.3 Å². The molecule has 16 heavy (non-hydrogen) atoms. The number of anilines is 2. The molecule has 1 rings (SSSR count). The molecule has 0 fully saturated rings. The summed E-state index contributed by atoms with van der Waals surface area (Å²) in [5.74, 6) is 1.34. The van der Waals surface area contributed by atoms with Crippen LogP contribution in [-0.2, 0) is 0 Å². The van der Waals surface area contributed by atoms with Crippen LogP contribution in [0, 0.1) is 12.8 Å². The highest BCUT2D eigenvalue weighted by Crippen LogP contribution is 2.14. The van der Waals surface area contributed by atoms with Gasteiger partial charge in [-0.3, -0.25) is 0 Å². The monoisotopic (exact) mass is 223 g/mol. The number of hydrogen-bond acceptors (Lipinski definition) is 4. The van der Waals surface area contributed by atoms with Gasteiger partial charge in [0.25, 0.3) is 0 Å². The van der Waals surface area contributed by atoms with Crippen molar-refractivity contribution < 1.29 is 5.11 Å². The van der Waals surface area contributed by atoms with Gasteiger partial charge < -0.3 is 16.2 Å². The van der Waals surface area contributed by atoms with Crippen LogP contribution >= 0.6 is 0 Å². The Bertz CT molecular complexity index is 328. The van der Waals surface area contributed by atoms with Gasteiger partial charge in [-0.2, -0.15) is 0 Å². The van der Waals surface area contributed by atoms with Crippen molar-refractivity contribution >= 4 is 11.5 Å². The summed E-state index contributed by atoms with van der Waals surface area (Å²) in [5.41, 5.74) is 7.45. The van der Waals surface area contributed by atoms with Crippen LogP contribution in [-0.4, -0.2) is 23.2 Å². The lowest BCUT2D eigenvalue weighted by Gasteiger charge is -2.15. The van der Waals surface area contributed by atoms with E-state index in [-0.39, 0.29) is 6.61 Å². The lowest BCUT2D eigenvalue weighted by Crippen LogP contribution is -2.15. The normalized spacial score (nSPS) is 12.4. The first kappa shape index (κ1) is 12.8. The topological polar surface area (TPSA) is 71.2 Å². The predicted molar refractivity (Wildman–Crippen MR) is 67.4 cm³/mol. The fourth-order valence-electron chi connectivity index (χ4n) is 1.55. The van der Waals surface area contributed by atoms with Crippen LogP contribution in [0.4, 0.5) is 11.5 Å². The summed E-state index contributed by atoms with van der Waals surface area (Å²) in [7, 11) is 0. The second-order valence-corrected chi connectivity index (χ2v) is 4.09. The van der Waals surface area contributed by atoms with E-state index in [1.165, 1.54) is 0 Å². The van der Waals surface area contributed by atoms with E-state index in [1.54, 1.807) is 6.20 Å². The van der Waals surface area contributed by atoms with Gasteiger partial charge in [0.05, 0.1) is 11.9 Å². The molecule has 90 valence electrons. The van der Waals surface area contributed by atoms with Crippen LogP contribution in [0.3, 0.4) is 0 Å². The lowest BCUT2D eigenvalue weighted by molar-refractivity contribution is 0.258. The van der Waals surface area contributed by atoms with Crippen LogP contribution in [0.25, 0.3) is 0 Å². The summed E-state index contributed by atoms with van der Waals surface area (Å²) >= 11 is 0. The first-order chi connectivity index (χ1) is 7.67. The maximum Gasteiger partial charge on any atom is 0.126 e. The summed E-state index contributed by atoms with van der Waals surface area (Å²) < 4.78 is 0. The highest BCUT2D eigenvalue weighted by Gasteiger charge is 2.06. The molecule has 1 heterocycles. The van der Waals surface area contributed by atoms with Crippen LogP contribution in [0.5, 0.6) is 0 Å². The van der Waals surface area contributed by atoms with Crippen molar-refractivity contribution in [1.82, 2.24) is 4.98 Å². The first-order valence-electron chi connectivity index (χ1n) is 5.74. The predicted octanol–water partition coefficient (Wildman–Crippen LogP) is 1.79. The van der Waals surface area contributed by atoms with E-state index in [9.17, 15) is 0 Å². The number of nitrogens with two attached hydrogens (primary N) is 1. The second-order valence-electron chi connectivity index (χ2n) is 4.09. The number of aromatic nitrogens is 1. The summed E-state index contributed by atoms with van der Waals surface area (Å²) in [6, 6.07) is 1.95. The molecule has 1 aromatic heterocycles. The minimum atomic E-state index is 0.244. The second kappa shape index (κ2) is 6.33. The number of nitrogens with zero attached hydrogens (tertiary/aromatic N) is 1. The third-order valence-electron chi connectivity index (χ3n) is 2.84. The number of aliphatic hydroxyl groups excluding tert-OH is 1. The molecule has 0 aliphatic heterocycles. The Balaban J connectivity index is 2.50. The Morgan fingerprint density at radius 1 is 1.56 bits per heavy atom. The van der Waals surface area contributed by atoms with Gasteiger partial charge >= 0.3 is 0 Å². The molecule has 0 bridgehead atoms.